The van der Waals surface area contributed by atoms with Crippen LogP contribution in [0.15, 0.2) is 66.6 Å². The number of aryl methyl sites for hydroxylation is 1. The van der Waals surface area contributed by atoms with E-state index in [1.54, 1.807) is 40.1 Å². The third-order valence-electron chi connectivity index (χ3n) is 4.66. The van der Waals surface area contributed by atoms with Gasteiger partial charge in [0.25, 0.3) is 5.91 Å². The van der Waals surface area contributed by atoms with Crippen molar-refractivity contribution in [1.82, 2.24) is 24.3 Å². The van der Waals surface area contributed by atoms with Gasteiger partial charge in [-0.25, -0.2) is 14.6 Å². The van der Waals surface area contributed by atoms with Crippen molar-refractivity contribution < 1.29 is 4.79 Å². The zero-order chi connectivity index (χ0) is 21.4. The second-order valence-corrected chi connectivity index (χ2v) is 8.10. The Morgan fingerprint density at radius 2 is 2.03 bits per heavy atom. The van der Waals surface area contributed by atoms with Crippen LogP contribution in [0.1, 0.15) is 9.67 Å². The summed E-state index contributed by atoms with van der Waals surface area (Å²) in [4.78, 5) is 21.8. The Labute approximate surface area is 186 Å². The fourth-order valence-electron chi connectivity index (χ4n) is 3.10. The molecule has 0 aliphatic rings. The van der Waals surface area contributed by atoms with Crippen molar-refractivity contribution in [1.29, 1.82) is 0 Å². The molecule has 0 unspecified atom stereocenters. The maximum absolute atomic E-state index is 12.5. The van der Waals surface area contributed by atoms with Gasteiger partial charge < -0.3 is 9.88 Å². The largest absolute Gasteiger partial charge is 0.353 e. The van der Waals surface area contributed by atoms with Gasteiger partial charge in [0.1, 0.15) is 0 Å². The van der Waals surface area contributed by atoms with E-state index >= 15 is 0 Å². The van der Waals surface area contributed by atoms with Gasteiger partial charge in [-0.1, -0.05) is 23.7 Å². The average Bonchev–Trinajstić information content (AvgIpc) is 3.49. The lowest BCUT2D eigenvalue weighted by Gasteiger charge is -2.08. The molecule has 0 bridgehead atoms. The number of imidazole rings is 1. The number of hydrogen-bond acceptors (Lipinski definition) is 6. The van der Waals surface area contributed by atoms with E-state index in [1.165, 1.54) is 11.3 Å². The van der Waals surface area contributed by atoms with E-state index in [4.69, 9.17) is 11.6 Å². The van der Waals surface area contributed by atoms with Gasteiger partial charge in [0.15, 0.2) is 5.65 Å². The summed E-state index contributed by atoms with van der Waals surface area (Å²) in [5, 5.41) is 13.9. The molecule has 2 N–H and O–H groups in total. The maximum atomic E-state index is 12.5. The van der Waals surface area contributed by atoms with E-state index in [-0.39, 0.29) is 5.91 Å². The first-order chi connectivity index (χ1) is 15.1. The van der Waals surface area contributed by atoms with Gasteiger partial charge in [0.2, 0.25) is 5.95 Å². The summed E-state index contributed by atoms with van der Waals surface area (Å²) in [5.41, 5.74) is 3.07. The molecule has 10 heteroatoms. The SMILES string of the molecule is Cn1ccnc1NC(=O)c1cc(-n2ncc3cc(Nc4ccccc4Cl)cnc32)cs1. The molecule has 1 aromatic carbocycles. The van der Waals surface area contributed by atoms with E-state index < -0.39 is 0 Å². The summed E-state index contributed by atoms with van der Waals surface area (Å²) in [6.45, 7) is 0. The normalized spacial score (nSPS) is 11.0. The highest BCUT2D eigenvalue weighted by Gasteiger charge is 2.15. The van der Waals surface area contributed by atoms with Gasteiger partial charge in [-0.2, -0.15) is 5.10 Å². The lowest BCUT2D eigenvalue weighted by molar-refractivity contribution is 0.102. The molecule has 5 rings (SSSR count). The molecule has 5 aromatic rings. The van der Waals surface area contributed by atoms with Crippen LogP contribution in [-0.4, -0.2) is 30.2 Å². The van der Waals surface area contributed by atoms with Crippen molar-refractivity contribution >= 4 is 57.2 Å². The molecule has 31 heavy (non-hydrogen) atoms. The highest BCUT2D eigenvalue weighted by atomic mass is 35.5. The van der Waals surface area contributed by atoms with Crippen LogP contribution in [0.5, 0.6) is 0 Å². The van der Waals surface area contributed by atoms with Crippen LogP contribution < -0.4 is 10.6 Å². The number of hydrogen-bond donors (Lipinski definition) is 2. The minimum atomic E-state index is -0.221. The lowest BCUT2D eigenvalue weighted by atomic mass is 10.3. The molecular weight excluding hydrogens is 434 g/mol. The number of pyridine rings is 1. The standard InChI is InChI=1S/C21H16ClN7OS/c1-28-7-6-23-21(28)27-20(30)18-9-15(12-31-18)29-19-13(10-25-29)8-14(11-24-19)26-17-5-3-2-4-16(17)22/h2-12,26H,1H3,(H,23,27,30). The predicted octanol–water partition coefficient (Wildman–Crippen LogP) is 4.86. The Balaban J connectivity index is 1.39. The lowest BCUT2D eigenvalue weighted by Crippen LogP contribution is -2.13. The molecule has 4 heterocycles. The number of rotatable bonds is 5. The number of nitrogens with zero attached hydrogens (tertiary/aromatic N) is 5. The molecule has 0 aliphatic heterocycles. The van der Waals surface area contributed by atoms with Crippen molar-refractivity contribution in [3.8, 4) is 5.69 Å². The number of anilines is 3. The molecule has 0 fully saturated rings. The van der Waals surface area contributed by atoms with Gasteiger partial charge in [0.05, 0.1) is 39.4 Å². The first-order valence-electron chi connectivity index (χ1n) is 9.31. The maximum Gasteiger partial charge on any atom is 0.268 e. The number of aromatic nitrogens is 5. The number of fused-ring (bicyclic) bond motifs is 1. The smallest absolute Gasteiger partial charge is 0.268 e. The first-order valence-corrected chi connectivity index (χ1v) is 10.6. The molecule has 0 radical (unpaired) electrons. The van der Waals surface area contributed by atoms with E-state index in [0.29, 0.717) is 21.5 Å². The van der Waals surface area contributed by atoms with Gasteiger partial charge in [-0.05, 0) is 24.3 Å². The molecule has 154 valence electrons. The monoisotopic (exact) mass is 449 g/mol. The van der Waals surface area contributed by atoms with E-state index in [2.05, 4.69) is 25.7 Å². The molecule has 4 aromatic heterocycles. The summed E-state index contributed by atoms with van der Waals surface area (Å²) < 4.78 is 3.45. The van der Waals surface area contributed by atoms with E-state index in [9.17, 15) is 4.79 Å². The number of benzene rings is 1. The van der Waals surface area contributed by atoms with E-state index in [0.717, 1.165) is 22.4 Å². The zero-order valence-corrected chi connectivity index (χ0v) is 17.9. The first kappa shape index (κ1) is 19.3. The number of para-hydroxylation sites is 1. The van der Waals surface area contributed by atoms with Crippen LogP contribution in [0.25, 0.3) is 16.7 Å². The molecule has 0 aliphatic carbocycles. The second-order valence-electron chi connectivity index (χ2n) is 6.78. The Kier molecular flexibility index (Phi) is 4.89. The summed E-state index contributed by atoms with van der Waals surface area (Å²) >= 11 is 7.56. The summed E-state index contributed by atoms with van der Waals surface area (Å²) in [7, 11) is 1.82. The fourth-order valence-corrected chi connectivity index (χ4v) is 4.05. The number of carbonyl (C=O) groups is 1. The minimum absolute atomic E-state index is 0.221. The molecule has 0 spiro atoms. The van der Waals surface area contributed by atoms with Crippen molar-refractivity contribution in [2.45, 2.75) is 0 Å². The Bertz CT molecular complexity index is 1400. The molecular formula is C21H16ClN7OS. The van der Waals surface area contributed by atoms with E-state index in [1.807, 2.05) is 42.8 Å². The molecule has 0 saturated carbocycles. The Hall–Kier alpha value is -3.69. The number of carbonyl (C=O) groups excluding carboxylic acids is 1. The highest BCUT2D eigenvalue weighted by molar-refractivity contribution is 7.12. The zero-order valence-electron chi connectivity index (χ0n) is 16.3. The number of thiophene rings is 1. The van der Waals surface area contributed by atoms with Gasteiger partial charge >= 0.3 is 0 Å². The minimum Gasteiger partial charge on any atom is -0.353 e. The van der Waals surface area contributed by atoms with Crippen LogP contribution in [0.2, 0.25) is 5.02 Å². The van der Waals surface area contributed by atoms with Crippen molar-refractivity contribution in [2.75, 3.05) is 10.6 Å². The van der Waals surface area contributed by atoms with Crippen LogP contribution in [0.3, 0.4) is 0 Å². The summed E-state index contributed by atoms with van der Waals surface area (Å²) in [5.74, 6) is 0.269. The average molecular weight is 450 g/mol. The van der Waals surface area contributed by atoms with Crippen LogP contribution >= 0.6 is 22.9 Å². The van der Waals surface area contributed by atoms with Gasteiger partial charge in [-0.15, -0.1) is 11.3 Å². The molecule has 0 atom stereocenters. The quantitative estimate of drug-likeness (QED) is 0.399. The van der Waals surface area contributed by atoms with Gasteiger partial charge in [0, 0.05) is 30.2 Å². The van der Waals surface area contributed by atoms with Crippen LogP contribution in [-0.2, 0) is 7.05 Å². The predicted molar refractivity (Wildman–Crippen MR) is 123 cm³/mol. The highest BCUT2D eigenvalue weighted by Crippen LogP contribution is 2.27. The Morgan fingerprint density at radius 1 is 1.16 bits per heavy atom. The van der Waals surface area contributed by atoms with Crippen LogP contribution in [0.4, 0.5) is 17.3 Å². The number of halogens is 1. The summed E-state index contributed by atoms with van der Waals surface area (Å²) in [6.07, 6.45) is 6.87. The number of nitrogens with one attached hydrogen (secondary N) is 2. The summed E-state index contributed by atoms with van der Waals surface area (Å²) in [6, 6.07) is 11.3. The Morgan fingerprint density at radius 3 is 2.84 bits per heavy atom. The van der Waals surface area contributed by atoms with Crippen molar-refractivity contribution in [3.63, 3.8) is 0 Å². The third-order valence-corrected chi connectivity index (χ3v) is 5.91. The molecule has 0 saturated heterocycles. The fraction of sp³-hybridized carbons (Fsp3) is 0.0476. The number of amides is 1. The molecule has 1 amide bonds. The second kappa shape index (κ2) is 7.86. The third kappa shape index (κ3) is 3.76. The molecule has 8 nitrogen and oxygen atoms in total. The van der Waals surface area contributed by atoms with Crippen molar-refractivity contribution in [3.05, 3.63) is 76.5 Å². The van der Waals surface area contributed by atoms with Crippen LogP contribution in [0, 0.1) is 0 Å². The topological polar surface area (TPSA) is 89.7 Å². The van der Waals surface area contributed by atoms with Gasteiger partial charge in [-0.3, -0.25) is 10.1 Å². The van der Waals surface area contributed by atoms with Crippen molar-refractivity contribution in [2.24, 2.45) is 7.05 Å².